The molecule has 3 aliphatic heterocycles. The Kier molecular flexibility index (Phi) is 6.83. The van der Waals surface area contributed by atoms with E-state index in [9.17, 15) is 13.2 Å². The van der Waals surface area contributed by atoms with Crippen LogP contribution >= 0.6 is 11.8 Å². The molecular weight excluding hydrogens is 461 g/mol. The summed E-state index contributed by atoms with van der Waals surface area (Å²) in [4.78, 5) is 6.24. The molecule has 3 aliphatic rings. The van der Waals surface area contributed by atoms with E-state index in [1.807, 2.05) is 6.07 Å². The van der Waals surface area contributed by atoms with Crippen LogP contribution in [0.5, 0.6) is 0 Å². The van der Waals surface area contributed by atoms with Gasteiger partial charge in [-0.05, 0) is 56.3 Å². The zero-order valence-electron chi connectivity index (χ0n) is 19.0. The lowest BCUT2D eigenvalue weighted by Gasteiger charge is -2.36. The van der Waals surface area contributed by atoms with Crippen LogP contribution < -0.4 is 26.6 Å². The molecule has 0 aliphatic carbocycles. The van der Waals surface area contributed by atoms with E-state index in [0.29, 0.717) is 17.1 Å². The van der Waals surface area contributed by atoms with Crippen LogP contribution in [0, 0.1) is 0 Å². The van der Waals surface area contributed by atoms with Crippen molar-refractivity contribution in [3.63, 3.8) is 0 Å². The van der Waals surface area contributed by atoms with E-state index in [4.69, 9.17) is 5.73 Å². The lowest BCUT2D eigenvalue weighted by atomic mass is 10.0. The number of hydrogen-bond donors (Lipinski definition) is 4. The summed E-state index contributed by atoms with van der Waals surface area (Å²) in [5.74, 6) is 0. The summed E-state index contributed by atoms with van der Waals surface area (Å²) in [6.45, 7) is 7.05. The number of benzene rings is 2. The highest BCUT2D eigenvalue weighted by Crippen LogP contribution is 2.50. The largest absolute Gasteiger partial charge is 0.416 e. The normalized spacial score (nSPS) is 19.4. The highest BCUT2D eigenvalue weighted by Gasteiger charge is 2.34. The number of nitrogens with two attached hydrogens (primary N) is 1. The molecule has 2 aromatic rings. The molecular formula is C24H31F3N6S. The summed E-state index contributed by atoms with van der Waals surface area (Å²) in [5.41, 5.74) is 8.34. The summed E-state index contributed by atoms with van der Waals surface area (Å²) in [6.07, 6.45) is -2.63. The summed E-state index contributed by atoms with van der Waals surface area (Å²) < 4.78 is 41.2. The van der Waals surface area contributed by atoms with Crippen molar-refractivity contribution in [1.82, 2.24) is 10.2 Å². The number of hydrogen-bond acceptors (Lipinski definition) is 7. The predicted octanol–water partition coefficient (Wildman–Crippen LogP) is 4.16. The fourth-order valence-electron chi connectivity index (χ4n) is 4.85. The van der Waals surface area contributed by atoms with Crippen LogP contribution in [0.25, 0.3) is 0 Å². The van der Waals surface area contributed by atoms with Crippen LogP contribution in [0.3, 0.4) is 0 Å². The summed E-state index contributed by atoms with van der Waals surface area (Å²) in [7, 11) is 0. The summed E-state index contributed by atoms with van der Waals surface area (Å²) >= 11 is 1.41. The molecule has 0 atom stereocenters. The fourth-order valence-corrected chi connectivity index (χ4v) is 5.94. The molecule has 2 fully saturated rings. The van der Waals surface area contributed by atoms with Gasteiger partial charge in [-0.25, -0.2) is 0 Å². The number of rotatable bonds is 5. The van der Waals surface area contributed by atoms with Crippen molar-refractivity contribution in [1.29, 1.82) is 0 Å². The molecule has 34 heavy (non-hydrogen) atoms. The highest BCUT2D eigenvalue weighted by molar-refractivity contribution is 7.99. The Morgan fingerprint density at radius 2 is 1.79 bits per heavy atom. The molecule has 5 N–H and O–H groups in total. The van der Waals surface area contributed by atoms with Crippen molar-refractivity contribution in [3.8, 4) is 0 Å². The maximum Gasteiger partial charge on any atom is 0.416 e. The topological polar surface area (TPSA) is 68.6 Å². The monoisotopic (exact) mass is 492 g/mol. The third kappa shape index (κ3) is 5.10. The van der Waals surface area contributed by atoms with Crippen molar-refractivity contribution >= 4 is 34.5 Å². The number of nitrogens with zero attached hydrogens (tertiary/aromatic N) is 2. The maximum absolute atomic E-state index is 13.7. The molecule has 0 bridgehead atoms. The van der Waals surface area contributed by atoms with Gasteiger partial charge in [0.2, 0.25) is 0 Å². The molecule has 0 amide bonds. The van der Waals surface area contributed by atoms with Gasteiger partial charge in [-0.2, -0.15) is 13.2 Å². The molecule has 0 aromatic heterocycles. The van der Waals surface area contributed by atoms with Crippen LogP contribution in [-0.2, 0) is 6.18 Å². The highest BCUT2D eigenvalue weighted by atomic mass is 32.2. The first-order chi connectivity index (χ1) is 16.4. The Morgan fingerprint density at radius 1 is 1.03 bits per heavy atom. The maximum atomic E-state index is 13.7. The average molecular weight is 493 g/mol. The molecule has 10 heteroatoms. The number of anilines is 4. The number of fused-ring (bicyclic) bond motifs is 2. The van der Waals surface area contributed by atoms with Crippen molar-refractivity contribution in [2.75, 3.05) is 67.9 Å². The quantitative estimate of drug-likeness (QED) is 0.427. The van der Waals surface area contributed by atoms with Gasteiger partial charge in [0.1, 0.15) is 0 Å². The molecule has 2 saturated heterocycles. The standard InChI is InChI=1S/C24H31F3N6S/c25-24(26,27)16-13-20(30-17-3-6-29-7-4-17)23-22(14-16)34-21-15-18(1-2-19(21)31-23)33-11-9-32(8-5-28)10-12-33/h1-2,13-15,17,29-31H,3-12,28H2. The second-order valence-corrected chi connectivity index (χ2v) is 10.2. The van der Waals surface area contributed by atoms with Gasteiger partial charge >= 0.3 is 6.18 Å². The van der Waals surface area contributed by atoms with Gasteiger partial charge in [-0.1, -0.05) is 11.8 Å². The molecule has 0 saturated carbocycles. The van der Waals surface area contributed by atoms with Crippen LogP contribution in [0.15, 0.2) is 40.1 Å². The lowest BCUT2D eigenvalue weighted by molar-refractivity contribution is -0.137. The Balaban J connectivity index is 1.40. The van der Waals surface area contributed by atoms with Crippen LogP contribution in [0.2, 0.25) is 0 Å². The first-order valence-electron chi connectivity index (χ1n) is 11.9. The SMILES string of the molecule is NCCN1CCN(c2ccc3c(c2)Sc2cc(C(F)(F)F)cc(NC4CCNCC4)c2N3)CC1. The number of piperidine rings is 1. The Labute approximate surface area is 202 Å². The van der Waals surface area contributed by atoms with E-state index in [1.165, 1.54) is 23.9 Å². The second-order valence-electron chi connectivity index (χ2n) is 9.09. The molecule has 0 unspecified atom stereocenters. The van der Waals surface area contributed by atoms with E-state index < -0.39 is 11.7 Å². The molecule has 184 valence electrons. The molecule has 6 nitrogen and oxygen atoms in total. The third-order valence-electron chi connectivity index (χ3n) is 6.76. The van der Waals surface area contributed by atoms with E-state index in [0.717, 1.165) is 80.6 Å². The van der Waals surface area contributed by atoms with E-state index in [1.54, 1.807) is 0 Å². The molecule has 0 spiro atoms. The van der Waals surface area contributed by atoms with E-state index in [-0.39, 0.29) is 6.04 Å². The average Bonchev–Trinajstić information content (AvgIpc) is 2.83. The van der Waals surface area contributed by atoms with Crippen molar-refractivity contribution < 1.29 is 13.2 Å². The van der Waals surface area contributed by atoms with Gasteiger partial charge in [0, 0.05) is 60.8 Å². The van der Waals surface area contributed by atoms with E-state index >= 15 is 0 Å². The third-order valence-corrected chi connectivity index (χ3v) is 7.86. The summed E-state index contributed by atoms with van der Waals surface area (Å²) in [5, 5.41) is 10.1. The lowest BCUT2D eigenvalue weighted by Crippen LogP contribution is -2.47. The van der Waals surface area contributed by atoms with Gasteiger partial charge in [0.15, 0.2) is 0 Å². The molecule has 0 radical (unpaired) electrons. The second kappa shape index (κ2) is 9.85. The molecule has 3 heterocycles. The van der Waals surface area contributed by atoms with Crippen LogP contribution in [-0.4, -0.2) is 63.3 Å². The molecule has 5 rings (SSSR count). The van der Waals surface area contributed by atoms with Gasteiger partial charge in [-0.15, -0.1) is 0 Å². The number of halogens is 3. The van der Waals surface area contributed by atoms with Crippen molar-refractivity contribution in [2.45, 2.75) is 34.9 Å². The van der Waals surface area contributed by atoms with Gasteiger partial charge in [0.25, 0.3) is 0 Å². The number of nitrogens with one attached hydrogen (secondary N) is 3. The Bertz CT molecular complexity index is 1020. The van der Waals surface area contributed by atoms with Crippen LogP contribution in [0.1, 0.15) is 18.4 Å². The van der Waals surface area contributed by atoms with Crippen LogP contribution in [0.4, 0.5) is 35.9 Å². The minimum atomic E-state index is -4.40. The summed E-state index contributed by atoms with van der Waals surface area (Å²) in [6, 6.07) is 8.89. The first-order valence-corrected chi connectivity index (χ1v) is 12.7. The Hall–Kier alpha value is -2.14. The molecule has 2 aromatic carbocycles. The van der Waals surface area contributed by atoms with Crippen molar-refractivity contribution in [2.24, 2.45) is 5.73 Å². The minimum Gasteiger partial charge on any atom is -0.380 e. The van der Waals surface area contributed by atoms with Gasteiger partial charge in [0.05, 0.1) is 22.6 Å². The fraction of sp³-hybridized carbons (Fsp3) is 0.500. The zero-order valence-corrected chi connectivity index (χ0v) is 19.9. The zero-order chi connectivity index (χ0) is 23.7. The van der Waals surface area contributed by atoms with Gasteiger partial charge in [-0.3, -0.25) is 4.90 Å². The minimum absolute atomic E-state index is 0.155. The number of piperazine rings is 1. The first kappa shape index (κ1) is 23.6. The predicted molar refractivity (Wildman–Crippen MR) is 133 cm³/mol. The number of alkyl halides is 3. The van der Waals surface area contributed by atoms with E-state index in [2.05, 4.69) is 37.9 Å². The van der Waals surface area contributed by atoms with Gasteiger partial charge < -0.3 is 26.6 Å². The Morgan fingerprint density at radius 3 is 2.50 bits per heavy atom. The smallest absolute Gasteiger partial charge is 0.380 e. The van der Waals surface area contributed by atoms with Crippen molar-refractivity contribution in [3.05, 3.63) is 35.9 Å².